The quantitative estimate of drug-likeness (QED) is 0.740. The third kappa shape index (κ3) is 6.25. The van der Waals surface area contributed by atoms with Crippen molar-refractivity contribution in [1.82, 2.24) is 10.2 Å². The second-order valence-electron chi connectivity index (χ2n) is 6.41. The molecule has 138 valence electrons. The number of hydrogen-bond acceptors (Lipinski definition) is 3. The zero-order chi connectivity index (χ0) is 18.2. The molecule has 2 N–H and O–H groups in total. The molecule has 0 unspecified atom stereocenters. The summed E-state index contributed by atoms with van der Waals surface area (Å²) in [7, 11) is 1.72. The smallest absolute Gasteiger partial charge is 0.317 e. The van der Waals surface area contributed by atoms with Gasteiger partial charge in [-0.2, -0.15) is 0 Å². The fraction of sp³-hybridized carbons (Fsp3) is 0.556. The Labute approximate surface area is 147 Å². The number of carbonyl (C=O) groups excluding carboxylic acids is 1. The third-order valence-electron chi connectivity index (χ3n) is 4.47. The van der Waals surface area contributed by atoms with Gasteiger partial charge in [-0.3, -0.25) is 4.79 Å². The zero-order valence-corrected chi connectivity index (χ0v) is 14.4. The number of halogens is 1. The maximum atomic E-state index is 12.8. The van der Waals surface area contributed by atoms with E-state index in [1.165, 1.54) is 12.1 Å². The molecule has 2 rings (SSSR count). The van der Waals surface area contributed by atoms with Crippen LogP contribution >= 0.6 is 0 Å². The van der Waals surface area contributed by atoms with Crippen LogP contribution in [0.2, 0.25) is 0 Å². The van der Waals surface area contributed by atoms with Crippen molar-refractivity contribution in [2.24, 2.45) is 5.92 Å². The van der Waals surface area contributed by atoms with Gasteiger partial charge < -0.3 is 20.1 Å². The van der Waals surface area contributed by atoms with E-state index in [0.29, 0.717) is 51.0 Å². The molecule has 1 aromatic carbocycles. The molecule has 0 saturated heterocycles. The van der Waals surface area contributed by atoms with Crippen LogP contribution in [0.4, 0.5) is 9.18 Å². The number of carboxylic acid groups (broad SMARTS) is 1. The summed E-state index contributed by atoms with van der Waals surface area (Å²) in [6.45, 7) is 0.977. The second-order valence-corrected chi connectivity index (χ2v) is 6.41. The summed E-state index contributed by atoms with van der Waals surface area (Å²) in [4.78, 5) is 24.7. The van der Waals surface area contributed by atoms with Gasteiger partial charge in [-0.25, -0.2) is 9.18 Å². The molecule has 0 bridgehead atoms. The van der Waals surface area contributed by atoms with Gasteiger partial charge in [-0.15, -0.1) is 0 Å². The predicted octanol–water partition coefficient (Wildman–Crippen LogP) is 2.88. The molecule has 0 spiro atoms. The van der Waals surface area contributed by atoms with Crippen LogP contribution in [0.15, 0.2) is 24.3 Å². The summed E-state index contributed by atoms with van der Waals surface area (Å²) in [5, 5.41) is 11.9. The van der Waals surface area contributed by atoms with Gasteiger partial charge in [-0.05, 0) is 56.4 Å². The van der Waals surface area contributed by atoms with Crippen LogP contribution < -0.4 is 10.1 Å². The maximum absolute atomic E-state index is 12.8. The van der Waals surface area contributed by atoms with Crippen molar-refractivity contribution < 1.29 is 23.8 Å². The Kier molecular flexibility index (Phi) is 7.03. The molecule has 1 aliphatic rings. The Balaban J connectivity index is 1.62. The summed E-state index contributed by atoms with van der Waals surface area (Å²) in [5.74, 6) is -0.734. The molecule has 1 aliphatic carbocycles. The Morgan fingerprint density at radius 2 is 1.88 bits per heavy atom. The van der Waals surface area contributed by atoms with Gasteiger partial charge in [0.2, 0.25) is 0 Å². The number of hydrogen-bond donors (Lipinski definition) is 2. The lowest BCUT2D eigenvalue weighted by atomic mass is 9.86. The lowest BCUT2D eigenvalue weighted by Gasteiger charge is -2.28. The first kappa shape index (κ1) is 19.0. The predicted molar refractivity (Wildman–Crippen MR) is 91.1 cm³/mol. The molecule has 6 nitrogen and oxygen atoms in total. The van der Waals surface area contributed by atoms with Crippen LogP contribution in [0.25, 0.3) is 0 Å². The lowest BCUT2D eigenvalue weighted by Crippen LogP contribution is -2.45. The average Bonchev–Trinajstić information content (AvgIpc) is 2.60. The van der Waals surface area contributed by atoms with E-state index in [9.17, 15) is 14.0 Å². The van der Waals surface area contributed by atoms with Crippen LogP contribution in [0, 0.1) is 11.7 Å². The van der Waals surface area contributed by atoms with Gasteiger partial charge in [0.15, 0.2) is 0 Å². The number of amides is 2. The van der Waals surface area contributed by atoms with Crippen molar-refractivity contribution in [2.45, 2.75) is 38.1 Å². The molecular formula is C18H25FN2O4. The van der Waals surface area contributed by atoms with Gasteiger partial charge in [0, 0.05) is 19.6 Å². The Hall–Kier alpha value is -2.31. The Morgan fingerprint density at radius 3 is 2.48 bits per heavy atom. The molecule has 0 aromatic heterocycles. The van der Waals surface area contributed by atoms with E-state index in [1.807, 2.05) is 0 Å². The largest absolute Gasteiger partial charge is 0.494 e. The maximum Gasteiger partial charge on any atom is 0.317 e. The average molecular weight is 352 g/mol. The standard InChI is InChI=1S/C18H25FN2O4/c1-21(11-2-12-25-16-9-5-14(19)6-10-16)18(24)20-15-7-3-13(4-8-15)17(22)23/h5-6,9-10,13,15H,2-4,7-8,11-12H2,1H3,(H,20,24)(H,22,23). The molecule has 0 aliphatic heterocycles. The molecule has 0 atom stereocenters. The van der Waals surface area contributed by atoms with E-state index in [4.69, 9.17) is 9.84 Å². The first-order valence-electron chi connectivity index (χ1n) is 8.58. The van der Waals surface area contributed by atoms with E-state index in [2.05, 4.69) is 5.32 Å². The highest BCUT2D eigenvalue weighted by molar-refractivity contribution is 5.74. The van der Waals surface area contributed by atoms with E-state index < -0.39 is 5.97 Å². The minimum Gasteiger partial charge on any atom is -0.494 e. The summed E-state index contributed by atoms with van der Waals surface area (Å²) in [5.41, 5.74) is 0. The van der Waals surface area contributed by atoms with Gasteiger partial charge >= 0.3 is 12.0 Å². The van der Waals surface area contributed by atoms with Gasteiger partial charge in [0.1, 0.15) is 11.6 Å². The lowest BCUT2D eigenvalue weighted by molar-refractivity contribution is -0.142. The topological polar surface area (TPSA) is 78.9 Å². The van der Waals surface area contributed by atoms with Gasteiger partial charge in [0.05, 0.1) is 12.5 Å². The van der Waals surface area contributed by atoms with Crippen molar-refractivity contribution in [2.75, 3.05) is 20.2 Å². The number of ether oxygens (including phenoxy) is 1. The number of nitrogens with zero attached hydrogens (tertiary/aromatic N) is 1. The van der Waals surface area contributed by atoms with Crippen LogP contribution in [-0.4, -0.2) is 48.2 Å². The number of benzene rings is 1. The van der Waals surface area contributed by atoms with Gasteiger partial charge in [0.25, 0.3) is 0 Å². The van der Waals surface area contributed by atoms with E-state index >= 15 is 0 Å². The van der Waals surface area contributed by atoms with Crippen LogP contribution in [0.1, 0.15) is 32.1 Å². The highest BCUT2D eigenvalue weighted by Crippen LogP contribution is 2.24. The van der Waals surface area contributed by atoms with Crippen molar-refractivity contribution in [1.29, 1.82) is 0 Å². The highest BCUT2D eigenvalue weighted by Gasteiger charge is 2.27. The number of carboxylic acids is 1. The SMILES string of the molecule is CN(CCCOc1ccc(F)cc1)C(=O)NC1CCC(C(=O)O)CC1. The van der Waals surface area contributed by atoms with Gasteiger partial charge in [-0.1, -0.05) is 0 Å². The van der Waals surface area contributed by atoms with Crippen LogP contribution in [0.5, 0.6) is 5.75 Å². The number of aliphatic carboxylic acids is 1. The molecule has 0 radical (unpaired) electrons. The zero-order valence-electron chi connectivity index (χ0n) is 14.4. The summed E-state index contributed by atoms with van der Waals surface area (Å²) in [6.07, 6.45) is 3.27. The summed E-state index contributed by atoms with van der Waals surface area (Å²) < 4.78 is 18.3. The molecular weight excluding hydrogens is 327 g/mol. The minimum atomic E-state index is -0.747. The molecule has 25 heavy (non-hydrogen) atoms. The van der Waals surface area contributed by atoms with Crippen LogP contribution in [-0.2, 0) is 4.79 Å². The first-order valence-corrected chi connectivity index (χ1v) is 8.58. The fourth-order valence-electron chi connectivity index (χ4n) is 2.89. The minimum absolute atomic E-state index is 0.0426. The highest BCUT2D eigenvalue weighted by atomic mass is 19.1. The fourth-order valence-corrected chi connectivity index (χ4v) is 2.89. The monoisotopic (exact) mass is 352 g/mol. The summed E-state index contributed by atoms with van der Waals surface area (Å²) >= 11 is 0. The molecule has 7 heteroatoms. The number of carbonyl (C=O) groups is 2. The number of urea groups is 1. The van der Waals surface area contributed by atoms with Crippen molar-refractivity contribution in [3.05, 3.63) is 30.1 Å². The van der Waals surface area contributed by atoms with E-state index in [1.54, 1.807) is 24.1 Å². The van der Waals surface area contributed by atoms with E-state index in [0.717, 1.165) is 0 Å². The molecule has 2 amide bonds. The normalized spacial score (nSPS) is 19.9. The molecule has 1 saturated carbocycles. The number of nitrogens with one attached hydrogen (secondary N) is 1. The second kappa shape index (κ2) is 9.25. The summed E-state index contributed by atoms with van der Waals surface area (Å²) in [6, 6.07) is 5.71. The van der Waals surface area contributed by atoms with Crippen molar-refractivity contribution in [3.8, 4) is 5.75 Å². The van der Waals surface area contributed by atoms with E-state index in [-0.39, 0.29) is 23.8 Å². The van der Waals surface area contributed by atoms with Crippen molar-refractivity contribution >= 4 is 12.0 Å². The Morgan fingerprint density at radius 1 is 1.24 bits per heavy atom. The molecule has 1 aromatic rings. The molecule has 1 fully saturated rings. The van der Waals surface area contributed by atoms with Crippen molar-refractivity contribution in [3.63, 3.8) is 0 Å². The third-order valence-corrected chi connectivity index (χ3v) is 4.47. The number of rotatable bonds is 7. The van der Waals surface area contributed by atoms with Crippen LogP contribution in [0.3, 0.4) is 0 Å². The first-order chi connectivity index (χ1) is 12.0. The Bertz CT molecular complexity index is 571. The molecule has 0 heterocycles.